The highest BCUT2D eigenvalue weighted by atomic mass is 16.5. The molecule has 0 saturated heterocycles. The van der Waals surface area contributed by atoms with Crippen molar-refractivity contribution >= 4 is 33.7 Å². The van der Waals surface area contributed by atoms with Gasteiger partial charge in [0.2, 0.25) is 0 Å². The van der Waals surface area contributed by atoms with Crippen LogP contribution in [-0.2, 0) is 13.1 Å². The number of anilines is 2. The summed E-state index contributed by atoms with van der Waals surface area (Å²) in [6, 6.07) is 40.5. The minimum atomic E-state index is 0.467. The Morgan fingerprint density at radius 3 is 1.27 bits per heavy atom. The van der Waals surface area contributed by atoms with E-state index in [4.69, 9.17) is 24.2 Å². The molecule has 2 aliphatic carbocycles. The molecule has 11 nitrogen and oxygen atoms in total. The Kier molecular flexibility index (Phi) is 12.3. The molecule has 316 valence electrons. The zero-order chi connectivity index (χ0) is 42.3. The summed E-state index contributed by atoms with van der Waals surface area (Å²) in [5, 5.41) is 9.17. The minimum absolute atomic E-state index is 0.467. The minimum Gasteiger partial charge on any atom is -0.497 e. The van der Waals surface area contributed by atoms with E-state index in [0.717, 1.165) is 63.1 Å². The van der Waals surface area contributed by atoms with Crippen molar-refractivity contribution in [2.75, 3.05) is 32.0 Å². The van der Waals surface area contributed by atoms with Crippen molar-refractivity contribution in [2.24, 2.45) is 0 Å². The number of benzene rings is 4. The molecule has 10 rings (SSSR count). The summed E-state index contributed by atoms with van der Waals surface area (Å²) in [6.45, 7) is 1.42. The number of nitrogens with zero attached hydrogens (tertiary/aromatic N) is 6. The van der Waals surface area contributed by atoms with Gasteiger partial charge in [0.05, 0.1) is 43.5 Å². The van der Waals surface area contributed by atoms with Crippen LogP contribution in [0.5, 0.6) is 17.2 Å². The zero-order valence-electron chi connectivity index (χ0n) is 35.8. The Bertz CT molecular complexity index is 2700. The van der Waals surface area contributed by atoms with Gasteiger partial charge in [-0.3, -0.25) is 0 Å². The van der Waals surface area contributed by atoms with E-state index in [1.807, 2.05) is 42.5 Å². The molecule has 2 fully saturated rings. The van der Waals surface area contributed by atoms with Crippen LogP contribution < -0.4 is 24.8 Å². The van der Waals surface area contributed by atoms with Gasteiger partial charge in [0.25, 0.3) is 0 Å². The number of aromatic nitrogens is 6. The molecule has 62 heavy (non-hydrogen) atoms. The van der Waals surface area contributed by atoms with Gasteiger partial charge in [-0.2, -0.15) is 0 Å². The van der Waals surface area contributed by atoms with Gasteiger partial charge in [0, 0.05) is 25.2 Å². The predicted molar refractivity (Wildman–Crippen MR) is 248 cm³/mol. The van der Waals surface area contributed by atoms with Gasteiger partial charge < -0.3 is 34.0 Å². The van der Waals surface area contributed by atoms with Crippen LogP contribution in [-0.4, -0.2) is 50.4 Å². The van der Waals surface area contributed by atoms with Crippen LogP contribution in [0.3, 0.4) is 0 Å². The highest BCUT2D eigenvalue weighted by molar-refractivity contribution is 5.93. The van der Waals surface area contributed by atoms with Crippen LogP contribution in [0.4, 0.5) is 11.6 Å². The number of hydrogen-bond donors (Lipinski definition) is 2. The first-order chi connectivity index (χ1) is 30.6. The van der Waals surface area contributed by atoms with Crippen molar-refractivity contribution in [2.45, 2.75) is 76.5 Å². The zero-order valence-corrected chi connectivity index (χ0v) is 35.8. The topological polar surface area (TPSA) is 113 Å². The average Bonchev–Trinajstić information content (AvgIpc) is 4.18. The maximum absolute atomic E-state index is 5.35. The fourth-order valence-corrected chi connectivity index (χ4v) is 9.09. The maximum Gasteiger partial charge on any atom is 0.146 e. The van der Waals surface area contributed by atoms with Gasteiger partial charge in [0.1, 0.15) is 52.8 Å². The largest absolute Gasteiger partial charge is 0.497 e. The fourth-order valence-electron chi connectivity index (χ4n) is 9.09. The van der Waals surface area contributed by atoms with E-state index in [1.54, 1.807) is 34.0 Å². The third kappa shape index (κ3) is 8.66. The molecule has 0 unspecified atom stereocenters. The lowest BCUT2D eigenvalue weighted by Crippen LogP contribution is -2.08. The van der Waals surface area contributed by atoms with E-state index in [0.29, 0.717) is 18.6 Å². The second-order valence-corrected chi connectivity index (χ2v) is 16.1. The van der Waals surface area contributed by atoms with Crippen LogP contribution in [0.1, 0.15) is 74.6 Å². The van der Waals surface area contributed by atoms with Crippen LogP contribution in [0.15, 0.2) is 128 Å². The summed E-state index contributed by atoms with van der Waals surface area (Å²) in [5.74, 6) is 4.33. The third-order valence-electron chi connectivity index (χ3n) is 12.3. The van der Waals surface area contributed by atoms with Crippen LogP contribution in [0.25, 0.3) is 44.6 Å². The Balaban J connectivity index is 0.000000158. The third-order valence-corrected chi connectivity index (χ3v) is 12.3. The average molecular weight is 827 g/mol. The van der Waals surface area contributed by atoms with E-state index in [2.05, 4.69) is 103 Å². The Labute approximate surface area is 363 Å². The number of nitrogens with one attached hydrogen (secondary N) is 2. The molecular formula is C51H54N8O3. The number of hydrogen-bond acceptors (Lipinski definition) is 9. The summed E-state index contributed by atoms with van der Waals surface area (Å²) in [7, 11) is 5.08. The van der Waals surface area contributed by atoms with Gasteiger partial charge >= 0.3 is 0 Å². The standard InChI is InChI=1S/C26H28N4O2.C25H26N4O/c1-31-21-11-7-18(8-12-21)16-27-25-23-15-24(19-9-13-22(32-2)14-10-19)30(20-5-3-4-6-20)26(23)29-17-28-25;1-30-21-13-11-19(12-14-21)23-15-22-24(26-16-18-7-3-2-4-8-18)27-17-28-25(22)29(23)20-9-5-6-10-20/h7-15,17,20H,3-6,16H2,1-2H3,(H,27,28,29);2-4,7-8,11-15,17,20H,5-6,9-10,16H2,1H3,(H,26,27,28). The second-order valence-electron chi connectivity index (χ2n) is 16.1. The van der Waals surface area contributed by atoms with Crippen molar-refractivity contribution in [3.8, 4) is 39.8 Å². The van der Waals surface area contributed by atoms with Crippen molar-refractivity contribution < 1.29 is 14.2 Å². The van der Waals surface area contributed by atoms with Crippen LogP contribution >= 0.6 is 0 Å². The first kappa shape index (κ1) is 40.5. The molecule has 0 amide bonds. The van der Waals surface area contributed by atoms with Crippen LogP contribution in [0, 0.1) is 0 Å². The van der Waals surface area contributed by atoms with Gasteiger partial charge in [-0.1, -0.05) is 68.1 Å². The second kappa shape index (κ2) is 18.8. The normalized spacial score (nSPS) is 14.2. The molecule has 2 saturated carbocycles. The van der Waals surface area contributed by atoms with Crippen molar-refractivity contribution in [3.05, 3.63) is 139 Å². The highest BCUT2D eigenvalue weighted by Crippen LogP contribution is 2.41. The van der Waals surface area contributed by atoms with Crippen LogP contribution in [0.2, 0.25) is 0 Å². The lowest BCUT2D eigenvalue weighted by molar-refractivity contribution is 0.414. The molecule has 0 bridgehead atoms. The molecule has 0 aliphatic heterocycles. The molecule has 0 atom stereocenters. The van der Waals surface area contributed by atoms with Crippen molar-refractivity contribution in [1.82, 2.24) is 29.1 Å². The smallest absolute Gasteiger partial charge is 0.146 e. The van der Waals surface area contributed by atoms with Gasteiger partial charge in [0.15, 0.2) is 0 Å². The molecule has 4 heterocycles. The molecule has 4 aromatic carbocycles. The van der Waals surface area contributed by atoms with Crippen molar-refractivity contribution in [3.63, 3.8) is 0 Å². The molecule has 2 aliphatic rings. The van der Waals surface area contributed by atoms with E-state index in [1.165, 1.54) is 79.4 Å². The molecule has 4 aromatic heterocycles. The Morgan fingerprint density at radius 2 is 0.871 bits per heavy atom. The van der Waals surface area contributed by atoms with Crippen molar-refractivity contribution in [1.29, 1.82) is 0 Å². The van der Waals surface area contributed by atoms with Gasteiger partial charge in [-0.05, 0) is 121 Å². The van der Waals surface area contributed by atoms with Gasteiger partial charge in [-0.15, -0.1) is 0 Å². The fraction of sp³-hybridized carbons (Fsp3) is 0.294. The first-order valence-corrected chi connectivity index (χ1v) is 21.8. The summed E-state index contributed by atoms with van der Waals surface area (Å²) < 4.78 is 20.8. The quantitative estimate of drug-likeness (QED) is 0.117. The van der Waals surface area contributed by atoms with E-state index < -0.39 is 0 Å². The number of fused-ring (bicyclic) bond motifs is 2. The number of ether oxygens (including phenoxy) is 3. The Morgan fingerprint density at radius 1 is 0.484 bits per heavy atom. The molecule has 0 radical (unpaired) electrons. The summed E-state index contributed by atoms with van der Waals surface area (Å²) in [4.78, 5) is 18.6. The predicted octanol–water partition coefficient (Wildman–Crippen LogP) is 11.7. The molecule has 2 N–H and O–H groups in total. The first-order valence-electron chi connectivity index (χ1n) is 21.8. The lowest BCUT2D eigenvalue weighted by atomic mass is 10.1. The molecule has 11 heteroatoms. The SMILES string of the molecule is COc1ccc(-c2cc3c(NCc4ccccc4)ncnc3n2C2CCCC2)cc1.COc1ccc(CNc2ncnc3c2cc(-c2ccc(OC)cc2)n3C2CCCC2)cc1. The monoisotopic (exact) mass is 826 g/mol. The summed E-state index contributed by atoms with van der Waals surface area (Å²) >= 11 is 0. The van der Waals surface area contributed by atoms with E-state index in [9.17, 15) is 0 Å². The molecular weight excluding hydrogens is 773 g/mol. The molecule has 0 spiro atoms. The number of methoxy groups -OCH3 is 3. The number of rotatable bonds is 13. The summed E-state index contributed by atoms with van der Waals surface area (Å²) in [6.07, 6.45) is 13.2. The maximum atomic E-state index is 5.35. The van der Waals surface area contributed by atoms with Gasteiger partial charge in [-0.25, -0.2) is 19.9 Å². The lowest BCUT2D eigenvalue weighted by Gasteiger charge is -2.17. The summed E-state index contributed by atoms with van der Waals surface area (Å²) in [5.41, 5.74) is 9.13. The highest BCUT2D eigenvalue weighted by Gasteiger charge is 2.26. The molecule has 8 aromatic rings. The Hall–Kier alpha value is -6.88. The van der Waals surface area contributed by atoms with E-state index >= 15 is 0 Å². The van der Waals surface area contributed by atoms with E-state index in [-0.39, 0.29) is 0 Å².